The number of nitrogens with one attached hydrogen (secondary N) is 1. The largest absolute Gasteiger partial charge is 0.396 e. The minimum absolute atomic E-state index is 0.0987. The van der Waals surface area contributed by atoms with Gasteiger partial charge in [0.2, 0.25) is 11.8 Å². The Kier molecular flexibility index (Phi) is 4.72. The summed E-state index contributed by atoms with van der Waals surface area (Å²) in [7, 11) is 1.65. The highest BCUT2D eigenvalue weighted by atomic mass is 16.3. The van der Waals surface area contributed by atoms with Crippen LogP contribution in [0.1, 0.15) is 37.3 Å². The quantitative estimate of drug-likeness (QED) is 0.481. The molecule has 2 heterocycles. The third-order valence-corrected chi connectivity index (χ3v) is 4.30. The molecule has 0 saturated carbocycles. The topological polar surface area (TPSA) is 93.3 Å². The molecular formula is C18H19N3O4. The fourth-order valence-corrected chi connectivity index (χ4v) is 3.01. The minimum Gasteiger partial charge on any atom is -0.396 e. The third-order valence-electron chi connectivity index (χ3n) is 4.30. The van der Waals surface area contributed by atoms with Gasteiger partial charge in [-0.2, -0.15) is 0 Å². The Hall–Kier alpha value is -2.85. The molecule has 1 saturated heterocycles. The molecule has 1 aliphatic heterocycles. The number of aliphatic hydroxyl groups excluding tert-OH is 1. The summed E-state index contributed by atoms with van der Waals surface area (Å²) in [6, 6.07) is 4.70. The van der Waals surface area contributed by atoms with Crippen molar-refractivity contribution in [2.75, 3.05) is 6.61 Å². The number of imidazole rings is 1. The van der Waals surface area contributed by atoms with E-state index in [9.17, 15) is 14.4 Å². The number of carbonyl (C=O) groups is 2. The van der Waals surface area contributed by atoms with E-state index in [0.717, 1.165) is 5.56 Å². The van der Waals surface area contributed by atoms with Crippen molar-refractivity contribution in [3.8, 4) is 11.8 Å². The van der Waals surface area contributed by atoms with E-state index < -0.39 is 11.9 Å². The van der Waals surface area contributed by atoms with E-state index in [1.807, 2.05) is 6.07 Å². The first kappa shape index (κ1) is 17.0. The predicted octanol–water partition coefficient (Wildman–Crippen LogP) is 0.442. The molecule has 2 aromatic rings. The highest BCUT2D eigenvalue weighted by Crippen LogP contribution is 2.23. The first-order valence-electron chi connectivity index (χ1n) is 8.17. The van der Waals surface area contributed by atoms with Gasteiger partial charge in [-0.25, -0.2) is 4.79 Å². The standard InChI is InChI=1S/C18H19N3O4/c1-20-13-7-6-12(5-3-2-4-10-22)11-15(13)21(18(20)25)14-8-9-16(23)19-17(14)24/h6-7,11,14,22H,2,4,8-10H2,1H3,(H,19,23,24). The number of hydrogen-bond donors (Lipinski definition) is 2. The van der Waals surface area contributed by atoms with Crippen molar-refractivity contribution in [1.29, 1.82) is 0 Å². The first-order valence-corrected chi connectivity index (χ1v) is 8.17. The van der Waals surface area contributed by atoms with E-state index in [4.69, 9.17) is 5.11 Å². The van der Waals surface area contributed by atoms with E-state index in [1.165, 1.54) is 9.13 Å². The Balaban J connectivity index is 2.06. The average Bonchev–Trinajstić information content (AvgIpc) is 2.83. The smallest absolute Gasteiger partial charge is 0.329 e. The maximum Gasteiger partial charge on any atom is 0.329 e. The number of amides is 2. The zero-order valence-electron chi connectivity index (χ0n) is 13.9. The van der Waals surface area contributed by atoms with Gasteiger partial charge in [0.05, 0.1) is 11.0 Å². The fraction of sp³-hybridized carbons (Fsp3) is 0.389. The van der Waals surface area contributed by atoms with Gasteiger partial charge in [-0.15, -0.1) is 0 Å². The minimum atomic E-state index is -0.702. The van der Waals surface area contributed by atoms with Crippen LogP contribution in [0.15, 0.2) is 23.0 Å². The molecule has 1 aromatic heterocycles. The summed E-state index contributed by atoms with van der Waals surface area (Å²) in [5.41, 5.74) is 1.76. The molecule has 1 unspecified atom stereocenters. The van der Waals surface area contributed by atoms with Gasteiger partial charge in [-0.05, 0) is 31.0 Å². The zero-order chi connectivity index (χ0) is 18.0. The number of piperidine rings is 1. The van der Waals surface area contributed by atoms with Crippen molar-refractivity contribution in [2.45, 2.75) is 31.7 Å². The number of aryl methyl sites for hydroxylation is 1. The molecular weight excluding hydrogens is 322 g/mol. The van der Waals surface area contributed by atoms with Crippen molar-refractivity contribution in [3.05, 3.63) is 34.2 Å². The van der Waals surface area contributed by atoms with E-state index >= 15 is 0 Å². The molecule has 7 heteroatoms. The van der Waals surface area contributed by atoms with Crippen molar-refractivity contribution < 1.29 is 14.7 Å². The molecule has 2 N–H and O–H groups in total. The van der Waals surface area contributed by atoms with E-state index in [0.29, 0.717) is 30.3 Å². The third kappa shape index (κ3) is 3.21. The molecule has 3 rings (SSSR count). The second-order valence-electron chi connectivity index (χ2n) is 6.01. The normalized spacial score (nSPS) is 17.3. The summed E-state index contributed by atoms with van der Waals surface area (Å²) in [5, 5.41) is 11.1. The van der Waals surface area contributed by atoms with E-state index in [2.05, 4.69) is 17.2 Å². The van der Waals surface area contributed by atoms with Crippen LogP contribution in [0.4, 0.5) is 0 Å². The van der Waals surface area contributed by atoms with Crippen LogP contribution in [0.25, 0.3) is 11.0 Å². The summed E-state index contributed by atoms with van der Waals surface area (Å²) < 4.78 is 2.93. The lowest BCUT2D eigenvalue weighted by Gasteiger charge is -2.21. The Morgan fingerprint density at radius 1 is 1.28 bits per heavy atom. The predicted molar refractivity (Wildman–Crippen MR) is 91.8 cm³/mol. The number of benzene rings is 1. The second-order valence-corrected chi connectivity index (χ2v) is 6.01. The van der Waals surface area contributed by atoms with Crippen molar-refractivity contribution in [2.24, 2.45) is 7.05 Å². The summed E-state index contributed by atoms with van der Waals surface area (Å²) >= 11 is 0. The molecule has 0 spiro atoms. The number of unbranched alkanes of at least 4 members (excludes halogenated alkanes) is 1. The number of aromatic nitrogens is 2. The van der Waals surface area contributed by atoms with Crippen LogP contribution in [0.2, 0.25) is 0 Å². The number of nitrogens with zero attached hydrogens (tertiary/aromatic N) is 2. The van der Waals surface area contributed by atoms with Gasteiger partial charge in [0.1, 0.15) is 6.04 Å². The Bertz CT molecular complexity index is 958. The van der Waals surface area contributed by atoms with E-state index in [1.54, 1.807) is 19.2 Å². The monoisotopic (exact) mass is 341 g/mol. The van der Waals surface area contributed by atoms with Crippen molar-refractivity contribution >= 4 is 22.8 Å². The second kappa shape index (κ2) is 6.95. The number of hydrogen-bond acceptors (Lipinski definition) is 4. The van der Waals surface area contributed by atoms with E-state index in [-0.39, 0.29) is 24.6 Å². The first-order chi connectivity index (χ1) is 12.0. The number of aliphatic hydroxyl groups is 1. The lowest BCUT2D eigenvalue weighted by atomic mass is 10.1. The number of rotatable bonds is 3. The molecule has 25 heavy (non-hydrogen) atoms. The maximum absolute atomic E-state index is 12.6. The van der Waals surface area contributed by atoms with Crippen LogP contribution in [-0.2, 0) is 16.6 Å². The lowest BCUT2D eigenvalue weighted by Crippen LogP contribution is -2.44. The van der Waals surface area contributed by atoms with Crippen LogP contribution in [0.5, 0.6) is 0 Å². The van der Waals surface area contributed by atoms with Crippen LogP contribution >= 0.6 is 0 Å². The average molecular weight is 341 g/mol. The molecule has 0 aliphatic carbocycles. The molecule has 1 atom stereocenters. The highest BCUT2D eigenvalue weighted by molar-refractivity contribution is 6.00. The van der Waals surface area contributed by atoms with Gasteiger partial charge < -0.3 is 5.11 Å². The van der Waals surface area contributed by atoms with Crippen LogP contribution in [0, 0.1) is 11.8 Å². The van der Waals surface area contributed by atoms with Gasteiger partial charge in [-0.3, -0.25) is 24.0 Å². The Labute approximate surface area is 144 Å². The SMILES string of the molecule is Cn1c(=O)n(C2CCC(=O)NC2=O)c2cc(C#CCCCO)ccc21. The summed E-state index contributed by atoms with van der Waals surface area (Å²) in [4.78, 5) is 36.2. The van der Waals surface area contributed by atoms with Crippen molar-refractivity contribution in [3.63, 3.8) is 0 Å². The van der Waals surface area contributed by atoms with Crippen LogP contribution < -0.4 is 11.0 Å². The van der Waals surface area contributed by atoms with Gasteiger partial charge in [0, 0.05) is 32.1 Å². The molecule has 0 radical (unpaired) electrons. The van der Waals surface area contributed by atoms with Gasteiger partial charge in [-0.1, -0.05) is 11.8 Å². The van der Waals surface area contributed by atoms with Crippen LogP contribution in [0.3, 0.4) is 0 Å². The summed E-state index contributed by atoms with van der Waals surface area (Å²) in [6.07, 6.45) is 1.71. The molecule has 0 bridgehead atoms. The van der Waals surface area contributed by atoms with Crippen LogP contribution in [-0.4, -0.2) is 32.7 Å². The van der Waals surface area contributed by atoms with Crippen molar-refractivity contribution in [1.82, 2.24) is 14.5 Å². The van der Waals surface area contributed by atoms with Gasteiger partial charge >= 0.3 is 5.69 Å². The van der Waals surface area contributed by atoms with Gasteiger partial charge in [0.15, 0.2) is 0 Å². The molecule has 130 valence electrons. The molecule has 1 aliphatic rings. The molecule has 1 fully saturated rings. The lowest BCUT2D eigenvalue weighted by molar-refractivity contribution is -0.135. The summed E-state index contributed by atoms with van der Waals surface area (Å²) in [6.45, 7) is 0.0987. The highest BCUT2D eigenvalue weighted by Gasteiger charge is 2.31. The Morgan fingerprint density at radius 3 is 2.80 bits per heavy atom. The number of fused-ring (bicyclic) bond motifs is 1. The molecule has 7 nitrogen and oxygen atoms in total. The zero-order valence-corrected chi connectivity index (χ0v) is 13.9. The molecule has 1 aromatic carbocycles. The molecule has 2 amide bonds. The maximum atomic E-state index is 12.6. The summed E-state index contributed by atoms with van der Waals surface area (Å²) in [5.74, 6) is 5.21. The van der Waals surface area contributed by atoms with Gasteiger partial charge in [0.25, 0.3) is 0 Å². The Morgan fingerprint density at radius 2 is 2.08 bits per heavy atom. The number of carbonyl (C=O) groups excluding carboxylic acids is 2. The fourth-order valence-electron chi connectivity index (χ4n) is 3.01. The number of imide groups is 1.